The summed E-state index contributed by atoms with van der Waals surface area (Å²) in [6, 6.07) is 5.21. The topological polar surface area (TPSA) is 193 Å². The highest BCUT2D eigenvalue weighted by Crippen LogP contribution is 2.46. The molecule has 16 heteroatoms. The van der Waals surface area contributed by atoms with Crippen molar-refractivity contribution in [2.24, 2.45) is 5.92 Å². The van der Waals surface area contributed by atoms with Crippen molar-refractivity contribution in [3.05, 3.63) is 47.5 Å². The number of ether oxygens (including phenoxy) is 2. The third kappa shape index (κ3) is 9.01. The van der Waals surface area contributed by atoms with Gasteiger partial charge in [0, 0.05) is 31.5 Å². The summed E-state index contributed by atoms with van der Waals surface area (Å²) in [6.45, 7) is 5.73. The number of rotatable bonds is 6. The van der Waals surface area contributed by atoms with Crippen molar-refractivity contribution in [3.63, 3.8) is 0 Å². The number of nitrogens with one attached hydrogen (secondary N) is 4. The maximum atomic E-state index is 14.3. The molecule has 3 aliphatic heterocycles. The molecule has 0 aromatic heterocycles. The van der Waals surface area contributed by atoms with Gasteiger partial charge in [0.2, 0.25) is 11.8 Å². The Morgan fingerprint density at radius 3 is 2.37 bits per heavy atom. The zero-order valence-corrected chi connectivity index (χ0v) is 30.1. The molecule has 278 valence electrons. The molecule has 0 unspecified atom stereocenters. The first kappa shape index (κ1) is 36.6. The zero-order valence-electron chi connectivity index (χ0n) is 29.3. The van der Waals surface area contributed by atoms with E-state index in [4.69, 9.17) is 9.47 Å². The fourth-order valence-electron chi connectivity index (χ4n) is 6.96. The van der Waals surface area contributed by atoms with E-state index in [1.165, 1.54) is 4.90 Å². The van der Waals surface area contributed by atoms with Crippen LogP contribution in [0, 0.1) is 5.92 Å². The number of amides is 5. The Balaban J connectivity index is 1.24. The lowest BCUT2D eigenvalue weighted by Gasteiger charge is -2.30. The highest BCUT2D eigenvalue weighted by molar-refractivity contribution is 7.88. The van der Waals surface area contributed by atoms with Crippen LogP contribution in [-0.4, -0.2) is 90.0 Å². The SMILES string of the molecule is CC(C)(C)OC(=O)N[C@@H]1CCCCCC=C[C@@H]2C[C@@]2(C(=O)NS(=O)(=O)NC2CC2)NC(=O)[C@@H]2C[C@@H](OC(=O)N3Cc4ccccc4C3)CN2C1=O. The lowest BCUT2D eigenvalue weighted by Crippen LogP contribution is -2.59. The Morgan fingerprint density at radius 1 is 1.00 bits per heavy atom. The van der Waals surface area contributed by atoms with E-state index in [2.05, 4.69) is 20.1 Å². The number of carbonyl (C=O) groups is 5. The van der Waals surface area contributed by atoms with Gasteiger partial charge in [-0.25, -0.2) is 14.3 Å². The van der Waals surface area contributed by atoms with Crippen LogP contribution in [0.25, 0.3) is 0 Å². The molecule has 4 N–H and O–H groups in total. The van der Waals surface area contributed by atoms with Gasteiger partial charge >= 0.3 is 22.4 Å². The Hall–Kier alpha value is -4.18. The van der Waals surface area contributed by atoms with Gasteiger partial charge in [-0.3, -0.25) is 19.3 Å². The molecular weight excluding hydrogens is 680 g/mol. The summed E-state index contributed by atoms with van der Waals surface area (Å²) >= 11 is 0. The van der Waals surface area contributed by atoms with Gasteiger partial charge in [0.05, 0.1) is 6.54 Å². The van der Waals surface area contributed by atoms with Crippen molar-refractivity contribution in [1.82, 2.24) is 29.9 Å². The number of nitrogens with zero attached hydrogens (tertiary/aromatic N) is 2. The molecule has 3 fully saturated rings. The molecule has 5 atom stereocenters. The van der Waals surface area contributed by atoms with E-state index in [9.17, 15) is 32.4 Å². The summed E-state index contributed by atoms with van der Waals surface area (Å²) in [5, 5.41) is 5.49. The molecule has 6 rings (SSSR count). The van der Waals surface area contributed by atoms with Crippen molar-refractivity contribution in [1.29, 1.82) is 0 Å². The third-order valence-electron chi connectivity index (χ3n) is 9.83. The van der Waals surface area contributed by atoms with E-state index >= 15 is 0 Å². The minimum absolute atomic E-state index is 0.0665. The van der Waals surface area contributed by atoms with Crippen LogP contribution in [0.1, 0.15) is 89.7 Å². The molecule has 0 spiro atoms. The van der Waals surface area contributed by atoms with Crippen LogP contribution in [0.5, 0.6) is 0 Å². The maximum absolute atomic E-state index is 14.3. The van der Waals surface area contributed by atoms with E-state index in [0.29, 0.717) is 38.8 Å². The molecule has 2 saturated carbocycles. The molecule has 0 bridgehead atoms. The largest absolute Gasteiger partial charge is 0.444 e. The normalized spacial score (nSPS) is 28.3. The molecule has 5 amide bonds. The van der Waals surface area contributed by atoms with Crippen molar-refractivity contribution in [2.45, 2.75) is 127 Å². The molecule has 3 heterocycles. The smallest absolute Gasteiger partial charge is 0.410 e. The molecule has 51 heavy (non-hydrogen) atoms. The van der Waals surface area contributed by atoms with Gasteiger partial charge < -0.3 is 25.0 Å². The van der Waals surface area contributed by atoms with Gasteiger partial charge in [0.25, 0.3) is 5.91 Å². The quantitative estimate of drug-likeness (QED) is 0.319. The lowest BCUT2D eigenvalue weighted by molar-refractivity contribution is -0.141. The molecule has 5 aliphatic rings. The predicted molar refractivity (Wildman–Crippen MR) is 184 cm³/mol. The first-order valence-electron chi connectivity index (χ1n) is 17.8. The molecule has 15 nitrogen and oxygen atoms in total. The zero-order chi connectivity index (χ0) is 36.6. The average Bonchev–Trinajstić information content (AvgIpc) is 3.88. The number of carbonyl (C=O) groups excluding carboxylic acids is 5. The second-order valence-corrected chi connectivity index (χ2v) is 16.7. The summed E-state index contributed by atoms with van der Waals surface area (Å²) in [7, 11) is -4.17. The van der Waals surface area contributed by atoms with Gasteiger partial charge in [-0.2, -0.15) is 13.1 Å². The highest BCUT2D eigenvalue weighted by Gasteiger charge is 2.62. The second-order valence-electron chi connectivity index (χ2n) is 15.2. The second kappa shape index (κ2) is 14.4. The van der Waals surface area contributed by atoms with Crippen molar-refractivity contribution >= 4 is 40.1 Å². The average molecular weight is 729 g/mol. The van der Waals surface area contributed by atoms with Gasteiger partial charge in [-0.1, -0.05) is 49.3 Å². The minimum atomic E-state index is -4.17. The van der Waals surface area contributed by atoms with E-state index in [-0.39, 0.29) is 31.8 Å². The van der Waals surface area contributed by atoms with Crippen LogP contribution < -0.4 is 20.1 Å². The molecule has 1 aromatic rings. The van der Waals surface area contributed by atoms with E-state index in [1.54, 1.807) is 25.7 Å². The van der Waals surface area contributed by atoms with Crippen molar-refractivity contribution in [3.8, 4) is 0 Å². The standard InChI is InChI=1S/C35H48N6O9S/c1-34(2,3)50-32(45)36-27-14-8-6-4-5-7-13-24-18-35(24,31(44)39-51(47,48)38-25-15-16-25)37-29(42)28-17-26(21-41(28)30(27)43)49-33(46)40-19-22-11-9-10-12-23(22)20-40/h7,9-13,24-28,38H,4-6,8,14-21H2,1-3H3,(H,36,45)(H,37,42)(H,39,44)/t24-,26-,27-,28+,35-/m1/s1. The fourth-order valence-corrected chi connectivity index (χ4v) is 8.12. The maximum Gasteiger partial charge on any atom is 0.410 e. The van der Waals surface area contributed by atoms with Gasteiger partial charge in [-0.05, 0) is 70.4 Å². The Labute approximate surface area is 298 Å². The Kier molecular flexibility index (Phi) is 10.4. The van der Waals surface area contributed by atoms with Crippen LogP contribution in [-0.2, 0) is 47.2 Å². The molecular formula is C35H48N6O9S. The molecule has 1 aromatic carbocycles. The van der Waals surface area contributed by atoms with Gasteiger partial charge in [0.1, 0.15) is 29.3 Å². The van der Waals surface area contributed by atoms with Crippen LogP contribution in [0.4, 0.5) is 9.59 Å². The highest BCUT2D eigenvalue weighted by atomic mass is 32.2. The van der Waals surface area contributed by atoms with E-state index < -0.39 is 75.4 Å². The van der Waals surface area contributed by atoms with Crippen LogP contribution in [0.2, 0.25) is 0 Å². The third-order valence-corrected chi connectivity index (χ3v) is 10.9. The van der Waals surface area contributed by atoms with Crippen LogP contribution in [0.15, 0.2) is 36.4 Å². The summed E-state index contributed by atoms with van der Waals surface area (Å²) in [5.74, 6) is -2.59. The number of allylic oxidation sites excluding steroid dienone is 1. The van der Waals surface area contributed by atoms with E-state index in [0.717, 1.165) is 24.0 Å². The monoisotopic (exact) mass is 728 g/mol. The molecule has 0 radical (unpaired) electrons. The number of benzene rings is 1. The first-order chi connectivity index (χ1) is 24.1. The lowest BCUT2D eigenvalue weighted by atomic mass is 10.0. The number of fused-ring (bicyclic) bond motifs is 3. The molecule has 1 saturated heterocycles. The number of alkyl carbamates (subject to hydrolysis) is 1. The van der Waals surface area contributed by atoms with E-state index in [1.807, 2.05) is 36.4 Å². The van der Waals surface area contributed by atoms with Gasteiger partial charge in [-0.15, -0.1) is 0 Å². The fraction of sp³-hybridized carbons (Fsp3) is 0.629. The number of hydrogen-bond donors (Lipinski definition) is 4. The van der Waals surface area contributed by atoms with Gasteiger partial charge in [0.15, 0.2) is 0 Å². The molecule has 2 aliphatic carbocycles. The van der Waals surface area contributed by atoms with Crippen LogP contribution >= 0.6 is 0 Å². The van der Waals surface area contributed by atoms with Crippen molar-refractivity contribution < 1.29 is 41.9 Å². The Morgan fingerprint density at radius 2 is 1.71 bits per heavy atom. The Bertz CT molecular complexity index is 1660. The number of hydrogen-bond acceptors (Lipinski definition) is 9. The van der Waals surface area contributed by atoms with Crippen molar-refractivity contribution in [2.75, 3.05) is 6.54 Å². The minimum Gasteiger partial charge on any atom is -0.444 e. The predicted octanol–water partition coefficient (Wildman–Crippen LogP) is 2.51. The summed E-state index contributed by atoms with van der Waals surface area (Å²) in [5.41, 5.74) is -0.373. The summed E-state index contributed by atoms with van der Waals surface area (Å²) in [4.78, 5) is 71.2. The summed E-state index contributed by atoms with van der Waals surface area (Å²) < 4.78 is 41.3. The first-order valence-corrected chi connectivity index (χ1v) is 19.3. The summed E-state index contributed by atoms with van der Waals surface area (Å²) in [6.07, 6.45) is 6.00. The van der Waals surface area contributed by atoms with Crippen LogP contribution in [0.3, 0.4) is 0 Å².